The highest BCUT2D eigenvalue weighted by Gasteiger charge is 2.25. The van der Waals surface area contributed by atoms with Crippen molar-refractivity contribution < 1.29 is 8.42 Å². The average molecular weight is 281 g/mol. The molecule has 1 atom stereocenters. The van der Waals surface area contributed by atoms with Gasteiger partial charge in [-0.05, 0) is 50.9 Å². The van der Waals surface area contributed by atoms with Gasteiger partial charge in [-0.1, -0.05) is 25.1 Å². The second-order valence-electron chi connectivity index (χ2n) is 5.66. The maximum atomic E-state index is 12.3. The van der Waals surface area contributed by atoms with Gasteiger partial charge in [-0.25, -0.2) is 8.42 Å². The number of rotatable bonds is 4. The van der Waals surface area contributed by atoms with Crippen LogP contribution in [0.5, 0.6) is 0 Å². The third-order valence-electron chi connectivity index (χ3n) is 4.00. The van der Waals surface area contributed by atoms with E-state index in [2.05, 4.69) is 11.8 Å². The zero-order chi connectivity index (χ0) is 13.9. The Bertz CT molecular complexity index is 490. The number of likely N-dealkylation sites (tertiary alicyclic amines) is 1. The lowest BCUT2D eigenvalue weighted by molar-refractivity contribution is 0.157. The van der Waals surface area contributed by atoms with Crippen LogP contribution >= 0.6 is 0 Å². The maximum Gasteiger partial charge on any atom is 0.179 e. The molecule has 1 aromatic rings. The van der Waals surface area contributed by atoms with Crippen molar-refractivity contribution in [3.05, 3.63) is 30.3 Å². The first kappa shape index (κ1) is 14.5. The summed E-state index contributed by atoms with van der Waals surface area (Å²) in [6.07, 6.45) is 2.35. The summed E-state index contributed by atoms with van der Waals surface area (Å²) in [5.41, 5.74) is 0. The predicted molar refractivity (Wildman–Crippen MR) is 77.9 cm³/mol. The van der Waals surface area contributed by atoms with E-state index in [0.29, 0.717) is 4.90 Å². The van der Waals surface area contributed by atoms with E-state index in [9.17, 15) is 8.42 Å². The van der Waals surface area contributed by atoms with E-state index in [1.807, 2.05) is 13.0 Å². The maximum absolute atomic E-state index is 12.3. The molecule has 0 bridgehead atoms. The molecule has 0 radical (unpaired) electrons. The predicted octanol–water partition coefficient (Wildman–Crippen LogP) is 2.58. The molecular weight excluding hydrogens is 258 g/mol. The van der Waals surface area contributed by atoms with Crippen molar-refractivity contribution in [2.24, 2.45) is 5.92 Å². The van der Waals surface area contributed by atoms with Gasteiger partial charge in [-0.15, -0.1) is 0 Å². The lowest BCUT2D eigenvalue weighted by Gasteiger charge is -2.34. The first-order valence-electron chi connectivity index (χ1n) is 7.01. The molecule has 1 aromatic carbocycles. The summed E-state index contributed by atoms with van der Waals surface area (Å²) >= 11 is 0. The number of sulfone groups is 1. The molecule has 1 unspecified atom stereocenters. The lowest BCUT2D eigenvalue weighted by atomic mass is 9.98. The van der Waals surface area contributed by atoms with Gasteiger partial charge in [0, 0.05) is 6.04 Å². The van der Waals surface area contributed by atoms with Gasteiger partial charge in [-0.3, -0.25) is 4.90 Å². The number of nitrogens with zero attached hydrogens (tertiary/aromatic N) is 1. The second-order valence-corrected chi connectivity index (χ2v) is 7.70. The Morgan fingerprint density at radius 2 is 1.79 bits per heavy atom. The van der Waals surface area contributed by atoms with E-state index < -0.39 is 9.84 Å². The molecule has 1 fully saturated rings. The van der Waals surface area contributed by atoms with Crippen molar-refractivity contribution in [1.82, 2.24) is 4.90 Å². The molecule has 0 spiro atoms. The number of piperidine rings is 1. The largest absolute Gasteiger partial charge is 0.300 e. The molecule has 1 aliphatic rings. The standard InChI is InChI=1S/C15H23NO2S/c1-13-8-10-16(11-9-13)14(2)12-19(17,18)15-6-4-3-5-7-15/h3-7,13-14H,8-12H2,1-2H3. The molecule has 1 aliphatic heterocycles. The minimum Gasteiger partial charge on any atom is -0.300 e. The van der Waals surface area contributed by atoms with Crippen LogP contribution in [0.1, 0.15) is 26.7 Å². The van der Waals surface area contributed by atoms with Gasteiger partial charge in [0.2, 0.25) is 0 Å². The van der Waals surface area contributed by atoms with Crippen LogP contribution in [0.25, 0.3) is 0 Å². The third-order valence-corrected chi connectivity index (χ3v) is 5.92. The van der Waals surface area contributed by atoms with Crippen molar-refractivity contribution in [1.29, 1.82) is 0 Å². The van der Waals surface area contributed by atoms with E-state index in [1.54, 1.807) is 24.3 Å². The molecular formula is C15H23NO2S. The summed E-state index contributed by atoms with van der Waals surface area (Å²) in [5, 5.41) is 0. The van der Waals surface area contributed by atoms with Gasteiger partial charge >= 0.3 is 0 Å². The van der Waals surface area contributed by atoms with Crippen LogP contribution in [-0.2, 0) is 9.84 Å². The molecule has 0 N–H and O–H groups in total. The highest BCUT2D eigenvalue weighted by atomic mass is 32.2. The number of hydrogen-bond acceptors (Lipinski definition) is 3. The smallest absolute Gasteiger partial charge is 0.179 e. The van der Waals surface area contributed by atoms with Crippen LogP contribution in [0, 0.1) is 5.92 Å². The molecule has 1 heterocycles. The Morgan fingerprint density at radius 1 is 1.21 bits per heavy atom. The summed E-state index contributed by atoms with van der Waals surface area (Å²) in [7, 11) is -3.16. The van der Waals surface area contributed by atoms with Crippen LogP contribution in [0.4, 0.5) is 0 Å². The molecule has 3 nitrogen and oxygen atoms in total. The molecule has 1 saturated heterocycles. The zero-order valence-electron chi connectivity index (χ0n) is 11.7. The Balaban J connectivity index is 2.00. The van der Waals surface area contributed by atoms with E-state index in [4.69, 9.17) is 0 Å². The van der Waals surface area contributed by atoms with Gasteiger partial charge < -0.3 is 0 Å². The van der Waals surface area contributed by atoms with Crippen LogP contribution in [0.3, 0.4) is 0 Å². The fraction of sp³-hybridized carbons (Fsp3) is 0.600. The molecule has 4 heteroatoms. The molecule has 2 rings (SSSR count). The van der Waals surface area contributed by atoms with E-state index in [0.717, 1.165) is 19.0 Å². The zero-order valence-corrected chi connectivity index (χ0v) is 12.6. The second kappa shape index (κ2) is 6.06. The normalized spacial score (nSPS) is 20.3. The summed E-state index contributed by atoms with van der Waals surface area (Å²) in [6.45, 7) is 6.33. The van der Waals surface area contributed by atoms with E-state index >= 15 is 0 Å². The molecule has 106 valence electrons. The van der Waals surface area contributed by atoms with E-state index in [-0.39, 0.29) is 11.8 Å². The van der Waals surface area contributed by atoms with Crippen molar-refractivity contribution in [2.75, 3.05) is 18.8 Å². The van der Waals surface area contributed by atoms with Crippen molar-refractivity contribution >= 4 is 9.84 Å². The Labute approximate surface area is 116 Å². The van der Waals surface area contributed by atoms with Crippen LogP contribution in [0.15, 0.2) is 35.2 Å². The van der Waals surface area contributed by atoms with Crippen LogP contribution in [0.2, 0.25) is 0 Å². The van der Waals surface area contributed by atoms with Gasteiger partial charge in [0.25, 0.3) is 0 Å². The topological polar surface area (TPSA) is 37.4 Å². The lowest BCUT2D eigenvalue weighted by Crippen LogP contribution is -2.42. The summed E-state index contributed by atoms with van der Waals surface area (Å²) < 4.78 is 24.6. The number of benzene rings is 1. The van der Waals surface area contributed by atoms with Gasteiger partial charge in [0.15, 0.2) is 9.84 Å². The molecule has 19 heavy (non-hydrogen) atoms. The van der Waals surface area contributed by atoms with Crippen LogP contribution < -0.4 is 0 Å². The van der Waals surface area contributed by atoms with Gasteiger partial charge in [0.1, 0.15) is 0 Å². The average Bonchev–Trinajstić information content (AvgIpc) is 2.40. The Morgan fingerprint density at radius 3 is 2.37 bits per heavy atom. The monoisotopic (exact) mass is 281 g/mol. The summed E-state index contributed by atoms with van der Waals surface area (Å²) in [6, 6.07) is 8.85. The van der Waals surface area contributed by atoms with Crippen molar-refractivity contribution in [3.63, 3.8) is 0 Å². The van der Waals surface area contributed by atoms with Crippen molar-refractivity contribution in [3.8, 4) is 0 Å². The highest BCUT2D eigenvalue weighted by molar-refractivity contribution is 7.91. The van der Waals surface area contributed by atoms with Crippen LogP contribution in [-0.4, -0.2) is 38.2 Å². The fourth-order valence-corrected chi connectivity index (χ4v) is 4.23. The van der Waals surface area contributed by atoms with Crippen molar-refractivity contribution in [2.45, 2.75) is 37.6 Å². The minimum atomic E-state index is -3.16. The quantitative estimate of drug-likeness (QED) is 0.851. The van der Waals surface area contributed by atoms with Gasteiger partial charge in [-0.2, -0.15) is 0 Å². The summed E-state index contributed by atoms with van der Waals surface area (Å²) in [5.74, 6) is 0.986. The number of hydrogen-bond donors (Lipinski definition) is 0. The third kappa shape index (κ3) is 3.80. The first-order chi connectivity index (χ1) is 8.99. The van der Waals surface area contributed by atoms with Gasteiger partial charge in [0.05, 0.1) is 10.6 Å². The molecule has 0 aliphatic carbocycles. The fourth-order valence-electron chi connectivity index (χ4n) is 2.62. The SMILES string of the molecule is CC1CCN(C(C)CS(=O)(=O)c2ccccc2)CC1. The highest BCUT2D eigenvalue weighted by Crippen LogP contribution is 2.20. The molecule has 0 amide bonds. The molecule has 0 aromatic heterocycles. The Hall–Kier alpha value is -0.870. The minimum absolute atomic E-state index is 0.0951. The van der Waals surface area contributed by atoms with E-state index in [1.165, 1.54) is 12.8 Å². The first-order valence-corrected chi connectivity index (χ1v) is 8.66. The molecule has 0 saturated carbocycles. The Kier molecular flexibility index (Phi) is 4.63. The summed E-state index contributed by atoms with van der Waals surface area (Å²) in [4.78, 5) is 2.74.